The number of hydrogen-bond donors (Lipinski definition) is 2. The molecule has 1 aliphatic carbocycles. The van der Waals surface area contributed by atoms with Crippen molar-refractivity contribution in [3.8, 4) is 0 Å². The fraction of sp³-hybridized carbons (Fsp3) is 0.300. The minimum Gasteiger partial charge on any atom is -0.465 e. The Labute approximate surface area is 165 Å². The normalized spacial score (nSPS) is 19.0. The zero-order chi connectivity index (χ0) is 19.8. The van der Waals surface area contributed by atoms with Gasteiger partial charge in [-0.2, -0.15) is 0 Å². The van der Waals surface area contributed by atoms with E-state index in [9.17, 15) is 4.79 Å². The van der Waals surface area contributed by atoms with Crippen LogP contribution in [0, 0.1) is 0 Å². The van der Waals surface area contributed by atoms with Crippen molar-refractivity contribution in [2.75, 3.05) is 0 Å². The van der Waals surface area contributed by atoms with E-state index in [-0.39, 0.29) is 12.0 Å². The van der Waals surface area contributed by atoms with Crippen LogP contribution < -0.4 is 5.32 Å². The van der Waals surface area contributed by atoms with Crippen LogP contribution in [-0.4, -0.2) is 47.2 Å². The Morgan fingerprint density at radius 1 is 1.24 bits per heavy atom. The van der Waals surface area contributed by atoms with Crippen LogP contribution in [0.5, 0.6) is 0 Å². The zero-order valence-corrected chi connectivity index (χ0v) is 15.6. The maximum atomic E-state index is 10.9. The second-order valence-electron chi connectivity index (χ2n) is 7.38. The maximum absolute atomic E-state index is 10.9. The van der Waals surface area contributed by atoms with Crippen LogP contribution in [0.15, 0.2) is 42.7 Å². The third-order valence-corrected chi connectivity index (χ3v) is 5.42. The number of pyridine rings is 1. The molecule has 2 N–H and O–H groups in total. The van der Waals surface area contributed by atoms with Crippen molar-refractivity contribution in [3.63, 3.8) is 0 Å². The Bertz CT molecular complexity index is 1210. The summed E-state index contributed by atoms with van der Waals surface area (Å²) in [4.78, 5) is 24.4. The van der Waals surface area contributed by atoms with Crippen molar-refractivity contribution in [1.29, 1.82) is 0 Å². The van der Waals surface area contributed by atoms with Crippen LogP contribution in [0.3, 0.4) is 0 Å². The minimum absolute atomic E-state index is 0.0377. The molecule has 4 aromatic rings. The highest BCUT2D eigenvalue weighted by atomic mass is 16.4. The molecule has 0 radical (unpaired) electrons. The molecule has 9 nitrogen and oxygen atoms in total. The summed E-state index contributed by atoms with van der Waals surface area (Å²) in [5.41, 5.74) is 4.04. The van der Waals surface area contributed by atoms with E-state index in [1.54, 1.807) is 17.1 Å². The SMILES string of the molecule is O=C(O)NC1CCC(c2cnc3nnn(Cc4ccc5ncccc5c4)c3n2)C1. The summed E-state index contributed by atoms with van der Waals surface area (Å²) in [7, 11) is 0. The van der Waals surface area contributed by atoms with Crippen molar-refractivity contribution in [1.82, 2.24) is 35.3 Å². The molecule has 2 atom stereocenters. The Kier molecular flexibility index (Phi) is 4.27. The predicted octanol–water partition coefficient (Wildman–Crippen LogP) is 2.72. The predicted molar refractivity (Wildman–Crippen MR) is 106 cm³/mol. The van der Waals surface area contributed by atoms with E-state index >= 15 is 0 Å². The maximum Gasteiger partial charge on any atom is 0.404 e. The van der Waals surface area contributed by atoms with Gasteiger partial charge in [0, 0.05) is 23.5 Å². The molecule has 3 heterocycles. The highest BCUT2D eigenvalue weighted by Crippen LogP contribution is 2.33. The molecule has 0 saturated heterocycles. The molecule has 5 rings (SSSR count). The fourth-order valence-electron chi connectivity index (χ4n) is 4.02. The first-order chi connectivity index (χ1) is 14.2. The molecule has 1 amide bonds. The van der Waals surface area contributed by atoms with Crippen LogP contribution in [0.1, 0.15) is 36.4 Å². The highest BCUT2D eigenvalue weighted by Gasteiger charge is 2.28. The van der Waals surface area contributed by atoms with Gasteiger partial charge in [0.15, 0.2) is 5.65 Å². The summed E-state index contributed by atoms with van der Waals surface area (Å²) in [5, 5.41) is 20.9. The van der Waals surface area contributed by atoms with Crippen LogP contribution in [0.4, 0.5) is 4.79 Å². The van der Waals surface area contributed by atoms with Gasteiger partial charge in [-0.1, -0.05) is 17.3 Å². The summed E-state index contributed by atoms with van der Waals surface area (Å²) in [6.07, 6.45) is 4.95. The summed E-state index contributed by atoms with van der Waals surface area (Å²) in [5.74, 6) is 0.179. The molecular weight excluding hydrogens is 370 g/mol. The molecule has 3 aromatic heterocycles. The second-order valence-corrected chi connectivity index (χ2v) is 7.38. The summed E-state index contributed by atoms with van der Waals surface area (Å²) < 4.78 is 1.76. The van der Waals surface area contributed by atoms with E-state index in [4.69, 9.17) is 10.1 Å². The molecule has 29 heavy (non-hydrogen) atoms. The third-order valence-electron chi connectivity index (χ3n) is 5.42. The van der Waals surface area contributed by atoms with Crippen LogP contribution in [0.25, 0.3) is 22.2 Å². The number of carbonyl (C=O) groups is 1. The smallest absolute Gasteiger partial charge is 0.404 e. The van der Waals surface area contributed by atoms with Crippen molar-refractivity contribution < 1.29 is 9.90 Å². The quantitative estimate of drug-likeness (QED) is 0.551. The molecule has 1 saturated carbocycles. The summed E-state index contributed by atoms with van der Waals surface area (Å²) in [6, 6.07) is 10.0. The largest absolute Gasteiger partial charge is 0.465 e. The van der Waals surface area contributed by atoms with Crippen LogP contribution in [0.2, 0.25) is 0 Å². The van der Waals surface area contributed by atoms with E-state index in [0.29, 0.717) is 17.8 Å². The van der Waals surface area contributed by atoms with Gasteiger partial charge in [-0.15, -0.1) is 5.10 Å². The topological polar surface area (TPSA) is 119 Å². The first-order valence-corrected chi connectivity index (χ1v) is 9.55. The standard InChI is InChI=1S/C20H19N7O2/c28-20(29)23-15-5-4-14(9-15)17-10-22-18-19(24-17)27(26-25-18)11-12-3-6-16-13(8-12)2-1-7-21-16/h1-3,6-8,10,14-15,23H,4-5,9,11H2,(H,28,29). The lowest BCUT2D eigenvalue weighted by molar-refractivity contribution is 0.190. The van der Waals surface area contributed by atoms with Gasteiger partial charge in [0.05, 0.1) is 24.0 Å². The highest BCUT2D eigenvalue weighted by molar-refractivity contribution is 5.79. The first-order valence-electron chi connectivity index (χ1n) is 9.55. The van der Waals surface area contributed by atoms with Gasteiger partial charge in [-0.25, -0.2) is 19.4 Å². The summed E-state index contributed by atoms with van der Waals surface area (Å²) in [6.45, 7) is 0.535. The monoisotopic (exact) mass is 389 g/mol. The Hall–Kier alpha value is -3.62. The van der Waals surface area contributed by atoms with Gasteiger partial charge < -0.3 is 10.4 Å². The molecule has 0 spiro atoms. The average Bonchev–Trinajstić information content (AvgIpc) is 3.34. The van der Waals surface area contributed by atoms with E-state index in [1.807, 2.05) is 24.3 Å². The average molecular weight is 389 g/mol. The number of hydrogen-bond acceptors (Lipinski definition) is 6. The molecule has 1 fully saturated rings. The fourth-order valence-corrected chi connectivity index (χ4v) is 4.02. The van der Waals surface area contributed by atoms with E-state index in [0.717, 1.165) is 41.4 Å². The molecule has 0 aliphatic heterocycles. The van der Waals surface area contributed by atoms with Gasteiger partial charge in [-0.3, -0.25) is 4.98 Å². The van der Waals surface area contributed by atoms with E-state index in [2.05, 4.69) is 31.7 Å². The number of benzene rings is 1. The van der Waals surface area contributed by atoms with Gasteiger partial charge >= 0.3 is 6.09 Å². The van der Waals surface area contributed by atoms with Crippen LogP contribution in [-0.2, 0) is 6.54 Å². The molecule has 0 bridgehead atoms. The second kappa shape index (κ2) is 7.08. The van der Waals surface area contributed by atoms with Crippen molar-refractivity contribution in [2.24, 2.45) is 0 Å². The number of nitrogens with one attached hydrogen (secondary N) is 1. The van der Waals surface area contributed by atoms with E-state index < -0.39 is 6.09 Å². The van der Waals surface area contributed by atoms with Crippen LogP contribution >= 0.6 is 0 Å². The number of amides is 1. The Morgan fingerprint density at radius 3 is 3.07 bits per heavy atom. The molecular formula is C20H19N7O2. The molecule has 1 aliphatic rings. The number of rotatable bonds is 4. The molecule has 146 valence electrons. The number of carboxylic acid groups (broad SMARTS) is 1. The van der Waals surface area contributed by atoms with Crippen molar-refractivity contribution in [2.45, 2.75) is 37.8 Å². The lowest BCUT2D eigenvalue weighted by atomic mass is 10.0. The third kappa shape index (κ3) is 3.46. The van der Waals surface area contributed by atoms with Gasteiger partial charge in [0.25, 0.3) is 0 Å². The van der Waals surface area contributed by atoms with Crippen molar-refractivity contribution >= 4 is 28.3 Å². The number of nitrogens with zero attached hydrogens (tertiary/aromatic N) is 6. The summed E-state index contributed by atoms with van der Waals surface area (Å²) >= 11 is 0. The molecule has 9 heteroatoms. The van der Waals surface area contributed by atoms with Crippen molar-refractivity contribution in [3.05, 3.63) is 54.0 Å². The molecule has 2 unspecified atom stereocenters. The molecule has 1 aromatic carbocycles. The lowest BCUT2D eigenvalue weighted by Crippen LogP contribution is -2.31. The first kappa shape index (κ1) is 17.5. The van der Waals surface area contributed by atoms with Gasteiger partial charge in [0.1, 0.15) is 0 Å². The Morgan fingerprint density at radius 2 is 2.17 bits per heavy atom. The van der Waals surface area contributed by atoms with Gasteiger partial charge in [0.2, 0.25) is 5.65 Å². The lowest BCUT2D eigenvalue weighted by Gasteiger charge is -2.11. The zero-order valence-electron chi connectivity index (χ0n) is 15.6. The number of fused-ring (bicyclic) bond motifs is 2. The van der Waals surface area contributed by atoms with E-state index in [1.165, 1.54) is 0 Å². The Balaban J connectivity index is 1.41. The van der Waals surface area contributed by atoms with Gasteiger partial charge in [-0.05, 0) is 43.0 Å². The number of aromatic nitrogens is 6. The minimum atomic E-state index is -0.981.